The second-order valence-corrected chi connectivity index (χ2v) is 6.43. The molecule has 0 saturated carbocycles. The zero-order valence-corrected chi connectivity index (χ0v) is 13.1. The first-order chi connectivity index (χ1) is 10.1. The Morgan fingerprint density at radius 2 is 2.24 bits per heavy atom. The molecule has 0 radical (unpaired) electrons. The number of hydrogen-bond donors (Lipinski definition) is 2. The molecule has 1 heterocycles. The van der Waals surface area contributed by atoms with Crippen molar-refractivity contribution in [3.05, 3.63) is 29.6 Å². The molecule has 1 aromatic carbocycles. The van der Waals surface area contributed by atoms with Crippen molar-refractivity contribution in [3.8, 4) is 0 Å². The van der Waals surface area contributed by atoms with Gasteiger partial charge in [-0.15, -0.1) is 0 Å². The highest BCUT2D eigenvalue weighted by molar-refractivity contribution is 5.54. The Bertz CT molecular complexity index is 450. The minimum atomic E-state index is -0.184. The molecule has 2 N–H and O–H groups in total. The number of anilines is 1. The third-order valence-corrected chi connectivity index (χ3v) is 4.03. The Balaban J connectivity index is 2.10. The normalized spacial score (nSPS) is 19.3. The average Bonchev–Trinajstić information content (AvgIpc) is 2.47. The van der Waals surface area contributed by atoms with Crippen LogP contribution in [-0.2, 0) is 6.54 Å². The molecule has 1 unspecified atom stereocenters. The van der Waals surface area contributed by atoms with Gasteiger partial charge in [0.2, 0.25) is 0 Å². The maximum atomic E-state index is 13.6. The summed E-state index contributed by atoms with van der Waals surface area (Å²) < 4.78 is 13.6. The summed E-state index contributed by atoms with van der Waals surface area (Å²) in [6, 6.07) is 5.04. The quantitative estimate of drug-likeness (QED) is 0.847. The first-order valence-electron chi connectivity index (χ1n) is 7.95. The monoisotopic (exact) mass is 294 g/mol. The van der Waals surface area contributed by atoms with Gasteiger partial charge in [-0.3, -0.25) is 0 Å². The maximum absolute atomic E-state index is 13.6. The second kappa shape index (κ2) is 7.76. The second-order valence-electron chi connectivity index (χ2n) is 6.43. The Labute approximate surface area is 127 Å². The van der Waals surface area contributed by atoms with E-state index < -0.39 is 0 Å². The van der Waals surface area contributed by atoms with E-state index in [1.54, 1.807) is 6.07 Å². The van der Waals surface area contributed by atoms with Crippen LogP contribution in [0.2, 0.25) is 0 Å². The largest absolute Gasteiger partial charge is 0.396 e. The van der Waals surface area contributed by atoms with Gasteiger partial charge in [-0.25, -0.2) is 4.39 Å². The summed E-state index contributed by atoms with van der Waals surface area (Å²) >= 11 is 0. The number of halogens is 1. The van der Waals surface area contributed by atoms with E-state index in [0.29, 0.717) is 18.4 Å². The predicted octanol–water partition coefficient (Wildman–Crippen LogP) is 2.78. The summed E-state index contributed by atoms with van der Waals surface area (Å²) in [7, 11) is 0. The topological polar surface area (TPSA) is 35.5 Å². The lowest BCUT2D eigenvalue weighted by Gasteiger charge is -2.35. The van der Waals surface area contributed by atoms with Crippen molar-refractivity contribution < 1.29 is 9.50 Å². The van der Waals surface area contributed by atoms with Crippen LogP contribution in [0.25, 0.3) is 0 Å². The standard InChI is InChI=1S/C17H27FN2O/c1-13(2)9-19-10-15-8-16(18)5-6-17(15)20-7-3-4-14(11-20)12-21/h5-6,8,13-14,19,21H,3-4,7,9-12H2,1-2H3. The third kappa shape index (κ3) is 4.68. The lowest BCUT2D eigenvalue weighted by atomic mass is 9.97. The molecule has 0 amide bonds. The van der Waals surface area contributed by atoms with Crippen molar-refractivity contribution in [1.29, 1.82) is 0 Å². The minimum absolute atomic E-state index is 0.184. The number of aliphatic hydroxyl groups excluding tert-OH is 1. The lowest BCUT2D eigenvalue weighted by molar-refractivity contribution is 0.208. The molecule has 4 heteroatoms. The molecule has 0 aliphatic carbocycles. The molecule has 1 aromatic rings. The lowest BCUT2D eigenvalue weighted by Crippen LogP contribution is -2.37. The molecule has 3 nitrogen and oxygen atoms in total. The number of nitrogens with zero attached hydrogens (tertiary/aromatic N) is 1. The highest BCUT2D eigenvalue weighted by Crippen LogP contribution is 2.27. The van der Waals surface area contributed by atoms with Crippen LogP contribution in [0.5, 0.6) is 0 Å². The van der Waals surface area contributed by atoms with Gasteiger partial charge in [0.15, 0.2) is 0 Å². The molecule has 1 aliphatic heterocycles. The molecule has 21 heavy (non-hydrogen) atoms. The molecule has 1 atom stereocenters. The Hall–Kier alpha value is -1.13. The molecule has 1 aliphatic rings. The van der Waals surface area contributed by atoms with E-state index in [1.807, 2.05) is 6.07 Å². The van der Waals surface area contributed by atoms with Crippen LogP contribution in [-0.4, -0.2) is 31.3 Å². The highest BCUT2D eigenvalue weighted by Gasteiger charge is 2.21. The van der Waals surface area contributed by atoms with Crippen molar-refractivity contribution in [2.75, 3.05) is 31.1 Å². The Morgan fingerprint density at radius 3 is 2.95 bits per heavy atom. The van der Waals surface area contributed by atoms with Crippen LogP contribution in [0.1, 0.15) is 32.3 Å². The Kier molecular flexibility index (Phi) is 6.00. The number of benzene rings is 1. The van der Waals surface area contributed by atoms with E-state index in [-0.39, 0.29) is 12.4 Å². The molecule has 2 rings (SSSR count). The fraction of sp³-hybridized carbons (Fsp3) is 0.647. The summed E-state index contributed by atoms with van der Waals surface area (Å²) in [4.78, 5) is 2.29. The smallest absolute Gasteiger partial charge is 0.123 e. The van der Waals surface area contributed by atoms with E-state index in [9.17, 15) is 9.50 Å². The van der Waals surface area contributed by atoms with Crippen LogP contribution in [0, 0.1) is 17.7 Å². The summed E-state index contributed by atoms with van der Waals surface area (Å²) in [5.74, 6) is 0.729. The molecule has 0 bridgehead atoms. The maximum Gasteiger partial charge on any atom is 0.123 e. The molecule has 0 spiro atoms. The molecular weight excluding hydrogens is 267 g/mol. The minimum Gasteiger partial charge on any atom is -0.396 e. The summed E-state index contributed by atoms with van der Waals surface area (Å²) in [6.07, 6.45) is 2.16. The van der Waals surface area contributed by atoms with Gasteiger partial charge in [-0.1, -0.05) is 13.8 Å². The SMILES string of the molecule is CC(C)CNCc1cc(F)ccc1N1CCCC(CO)C1. The summed E-state index contributed by atoms with van der Waals surface area (Å²) in [5.41, 5.74) is 2.11. The highest BCUT2D eigenvalue weighted by atomic mass is 19.1. The first-order valence-corrected chi connectivity index (χ1v) is 7.95. The molecular formula is C17H27FN2O. The van der Waals surface area contributed by atoms with Crippen molar-refractivity contribution in [1.82, 2.24) is 5.32 Å². The van der Waals surface area contributed by atoms with Crippen LogP contribution in [0.4, 0.5) is 10.1 Å². The number of piperidine rings is 1. The zero-order valence-electron chi connectivity index (χ0n) is 13.1. The van der Waals surface area contributed by atoms with Gasteiger partial charge in [-0.2, -0.15) is 0 Å². The van der Waals surface area contributed by atoms with Gasteiger partial charge in [0.25, 0.3) is 0 Å². The third-order valence-electron chi connectivity index (χ3n) is 4.03. The number of aliphatic hydroxyl groups is 1. The molecule has 1 fully saturated rings. The van der Waals surface area contributed by atoms with Gasteiger partial charge in [0.05, 0.1) is 0 Å². The fourth-order valence-corrected chi connectivity index (χ4v) is 2.93. The zero-order chi connectivity index (χ0) is 15.2. The van der Waals surface area contributed by atoms with E-state index >= 15 is 0 Å². The first kappa shape index (κ1) is 16.2. The number of nitrogens with one attached hydrogen (secondary N) is 1. The molecule has 118 valence electrons. The van der Waals surface area contributed by atoms with Crippen LogP contribution >= 0.6 is 0 Å². The van der Waals surface area contributed by atoms with E-state index in [2.05, 4.69) is 24.1 Å². The average molecular weight is 294 g/mol. The van der Waals surface area contributed by atoms with Crippen molar-refractivity contribution in [2.24, 2.45) is 11.8 Å². The molecule has 1 saturated heterocycles. The Morgan fingerprint density at radius 1 is 1.43 bits per heavy atom. The predicted molar refractivity (Wildman–Crippen MR) is 85.0 cm³/mol. The summed E-state index contributed by atoms with van der Waals surface area (Å²) in [6.45, 7) is 8.02. The van der Waals surface area contributed by atoms with Crippen molar-refractivity contribution in [2.45, 2.75) is 33.2 Å². The number of rotatable bonds is 6. The van der Waals surface area contributed by atoms with E-state index in [1.165, 1.54) is 6.07 Å². The van der Waals surface area contributed by atoms with E-state index in [0.717, 1.165) is 43.7 Å². The summed E-state index contributed by atoms with van der Waals surface area (Å²) in [5, 5.41) is 12.8. The van der Waals surface area contributed by atoms with Gasteiger partial charge >= 0.3 is 0 Å². The van der Waals surface area contributed by atoms with Gasteiger partial charge in [0, 0.05) is 31.9 Å². The van der Waals surface area contributed by atoms with Gasteiger partial charge in [-0.05, 0) is 55.0 Å². The fourth-order valence-electron chi connectivity index (χ4n) is 2.93. The number of hydrogen-bond acceptors (Lipinski definition) is 3. The molecule has 0 aromatic heterocycles. The van der Waals surface area contributed by atoms with Crippen LogP contribution in [0.15, 0.2) is 18.2 Å². The van der Waals surface area contributed by atoms with Gasteiger partial charge < -0.3 is 15.3 Å². The van der Waals surface area contributed by atoms with Crippen molar-refractivity contribution >= 4 is 5.69 Å². The van der Waals surface area contributed by atoms with Crippen LogP contribution < -0.4 is 10.2 Å². The van der Waals surface area contributed by atoms with Crippen molar-refractivity contribution in [3.63, 3.8) is 0 Å². The van der Waals surface area contributed by atoms with E-state index in [4.69, 9.17) is 0 Å². The van der Waals surface area contributed by atoms with Gasteiger partial charge in [0.1, 0.15) is 5.82 Å². The van der Waals surface area contributed by atoms with Crippen LogP contribution in [0.3, 0.4) is 0 Å².